The van der Waals surface area contributed by atoms with Crippen LogP contribution in [0.4, 0.5) is 17.2 Å². The summed E-state index contributed by atoms with van der Waals surface area (Å²) in [5.74, 6) is 0.974. The summed E-state index contributed by atoms with van der Waals surface area (Å²) < 4.78 is 6.38. The quantitative estimate of drug-likeness (QED) is 0.241. The fourth-order valence-electron chi connectivity index (χ4n) is 5.17. The van der Waals surface area contributed by atoms with Gasteiger partial charge >= 0.3 is 0 Å². The molecule has 0 bridgehead atoms. The molecule has 0 radical (unpaired) electrons. The lowest BCUT2D eigenvalue weighted by Crippen LogP contribution is -2.29. The van der Waals surface area contributed by atoms with E-state index in [0.717, 1.165) is 60.1 Å². The van der Waals surface area contributed by atoms with Crippen molar-refractivity contribution < 1.29 is 14.3 Å². The first-order chi connectivity index (χ1) is 19.4. The molecule has 208 valence electrons. The van der Waals surface area contributed by atoms with Crippen molar-refractivity contribution in [1.82, 2.24) is 14.9 Å². The molecule has 0 saturated heterocycles. The van der Waals surface area contributed by atoms with Crippen LogP contribution in [-0.2, 0) is 4.79 Å². The van der Waals surface area contributed by atoms with Crippen LogP contribution >= 0.6 is 0 Å². The monoisotopic (exact) mass is 540 g/mol. The number of amides is 1. The molecule has 1 fully saturated rings. The molecule has 2 heterocycles. The second kappa shape index (κ2) is 11.9. The van der Waals surface area contributed by atoms with Gasteiger partial charge in [0.05, 0.1) is 28.9 Å². The lowest BCUT2D eigenvalue weighted by Gasteiger charge is -2.25. The molecule has 1 aliphatic carbocycles. The maximum Gasteiger partial charge on any atom is 0.247 e. The van der Waals surface area contributed by atoms with Gasteiger partial charge in [-0.25, -0.2) is 9.97 Å². The van der Waals surface area contributed by atoms with E-state index in [1.807, 2.05) is 69.7 Å². The van der Waals surface area contributed by atoms with Crippen LogP contribution in [0.25, 0.3) is 33.6 Å². The smallest absolute Gasteiger partial charge is 0.247 e. The number of aromatic nitrogens is 2. The number of hydrogen-bond donors (Lipinski definition) is 3. The lowest BCUT2D eigenvalue weighted by atomic mass is 9.98. The second-order valence-electron chi connectivity index (χ2n) is 10.5. The third-order valence-corrected chi connectivity index (χ3v) is 7.35. The van der Waals surface area contributed by atoms with Gasteiger partial charge in [0.1, 0.15) is 17.9 Å². The van der Waals surface area contributed by atoms with Crippen LogP contribution in [0.3, 0.4) is 0 Å². The first kappa shape index (κ1) is 27.4. The molecule has 2 atom stereocenters. The number of aliphatic hydroxyl groups excluding tert-OH is 1. The Kier molecular flexibility index (Phi) is 8.14. The van der Waals surface area contributed by atoms with Gasteiger partial charge in [0.25, 0.3) is 0 Å². The molecule has 5 rings (SSSR count). The van der Waals surface area contributed by atoms with Gasteiger partial charge in [0, 0.05) is 31.3 Å². The highest BCUT2D eigenvalue weighted by Gasteiger charge is 2.28. The summed E-state index contributed by atoms with van der Waals surface area (Å²) in [5.41, 5.74) is 4.54. The Balaban J connectivity index is 1.68. The SMILES string of the molecule is C=CC(=O)Nc1cc(-c2c(-c3ccccc3)oc3ncnc(N[C@H]4CCC[C@H]4O)c23)ccc1N(C)CCN(C)C. The van der Waals surface area contributed by atoms with Crippen LogP contribution in [-0.4, -0.2) is 72.3 Å². The zero-order valence-electron chi connectivity index (χ0n) is 23.2. The highest BCUT2D eigenvalue weighted by Crippen LogP contribution is 2.44. The summed E-state index contributed by atoms with van der Waals surface area (Å²) in [6.45, 7) is 5.27. The average molecular weight is 541 g/mol. The second-order valence-corrected chi connectivity index (χ2v) is 10.5. The Morgan fingerprint density at radius 1 is 1.10 bits per heavy atom. The van der Waals surface area contributed by atoms with E-state index in [9.17, 15) is 9.90 Å². The van der Waals surface area contributed by atoms with E-state index in [-0.39, 0.29) is 11.9 Å². The Hall–Kier alpha value is -4.21. The highest BCUT2D eigenvalue weighted by molar-refractivity contribution is 6.08. The summed E-state index contributed by atoms with van der Waals surface area (Å²) in [7, 11) is 6.07. The minimum absolute atomic E-state index is 0.101. The van der Waals surface area contributed by atoms with E-state index < -0.39 is 6.10 Å². The summed E-state index contributed by atoms with van der Waals surface area (Å²) in [6.07, 6.45) is 4.88. The number of anilines is 3. The Morgan fingerprint density at radius 3 is 2.60 bits per heavy atom. The van der Waals surface area contributed by atoms with Crippen LogP contribution in [0.1, 0.15) is 19.3 Å². The van der Waals surface area contributed by atoms with Crippen LogP contribution in [0.2, 0.25) is 0 Å². The number of benzene rings is 2. The molecule has 9 heteroatoms. The molecule has 3 N–H and O–H groups in total. The van der Waals surface area contributed by atoms with Crippen molar-refractivity contribution in [3.05, 3.63) is 67.5 Å². The number of fused-ring (bicyclic) bond motifs is 1. The number of hydrogen-bond acceptors (Lipinski definition) is 8. The first-order valence-electron chi connectivity index (χ1n) is 13.6. The average Bonchev–Trinajstić information content (AvgIpc) is 3.55. The Morgan fingerprint density at radius 2 is 1.90 bits per heavy atom. The minimum atomic E-state index is -0.438. The van der Waals surface area contributed by atoms with E-state index >= 15 is 0 Å². The maximum absolute atomic E-state index is 12.5. The van der Waals surface area contributed by atoms with Crippen molar-refractivity contribution in [2.75, 3.05) is 49.8 Å². The van der Waals surface area contributed by atoms with Crippen LogP contribution < -0.4 is 15.5 Å². The molecule has 0 spiro atoms. The lowest BCUT2D eigenvalue weighted by molar-refractivity contribution is -0.111. The molecular formula is C31H36N6O3. The Bertz CT molecular complexity index is 1500. The van der Waals surface area contributed by atoms with Gasteiger partial charge in [-0.3, -0.25) is 4.79 Å². The van der Waals surface area contributed by atoms with Crippen molar-refractivity contribution in [2.24, 2.45) is 0 Å². The summed E-state index contributed by atoms with van der Waals surface area (Å²) in [6, 6.07) is 15.8. The number of rotatable bonds is 10. The van der Waals surface area contributed by atoms with E-state index in [4.69, 9.17) is 4.42 Å². The van der Waals surface area contributed by atoms with Crippen molar-refractivity contribution in [1.29, 1.82) is 0 Å². The van der Waals surface area contributed by atoms with Gasteiger partial charge in [-0.05, 0) is 57.1 Å². The van der Waals surface area contributed by atoms with Crippen LogP contribution in [0, 0.1) is 0 Å². The number of carbonyl (C=O) groups excluding carboxylic acids is 1. The van der Waals surface area contributed by atoms with Gasteiger partial charge in [-0.15, -0.1) is 0 Å². The van der Waals surface area contributed by atoms with Gasteiger partial charge in [0.2, 0.25) is 11.6 Å². The number of nitrogens with zero attached hydrogens (tertiary/aromatic N) is 4. The van der Waals surface area contributed by atoms with E-state index in [1.54, 1.807) is 0 Å². The van der Waals surface area contributed by atoms with Gasteiger partial charge in [-0.2, -0.15) is 0 Å². The first-order valence-corrected chi connectivity index (χ1v) is 13.6. The van der Waals surface area contributed by atoms with Crippen molar-refractivity contribution >= 4 is 34.2 Å². The van der Waals surface area contributed by atoms with Crippen molar-refractivity contribution in [2.45, 2.75) is 31.4 Å². The summed E-state index contributed by atoms with van der Waals surface area (Å²) in [5, 5.41) is 17.7. The number of carbonyl (C=O) groups is 1. The fourth-order valence-corrected chi connectivity index (χ4v) is 5.17. The fraction of sp³-hybridized carbons (Fsp3) is 0.323. The summed E-state index contributed by atoms with van der Waals surface area (Å²) in [4.78, 5) is 25.7. The van der Waals surface area contributed by atoms with Gasteiger partial charge in [-0.1, -0.05) is 43.0 Å². The molecule has 0 aliphatic heterocycles. The van der Waals surface area contributed by atoms with Crippen molar-refractivity contribution in [3.63, 3.8) is 0 Å². The van der Waals surface area contributed by atoms with Gasteiger partial charge in [0.15, 0.2) is 0 Å². The number of furan rings is 1. The molecule has 0 unspecified atom stereocenters. The van der Waals surface area contributed by atoms with Crippen LogP contribution in [0.15, 0.2) is 71.9 Å². The normalized spacial score (nSPS) is 16.8. The number of aliphatic hydroxyl groups is 1. The summed E-state index contributed by atoms with van der Waals surface area (Å²) >= 11 is 0. The Labute approximate surface area is 234 Å². The van der Waals surface area contributed by atoms with E-state index in [1.165, 1.54) is 12.4 Å². The molecule has 1 aliphatic rings. The molecule has 2 aromatic carbocycles. The molecule has 1 saturated carbocycles. The predicted octanol–water partition coefficient (Wildman–Crippen LogP) is 5.00. The molecule has 9 nitrogen and oxygen atoms in total. The van der Waals surface area contributed by atoms with Crippen molar-refractivity contribution in [3.8, 4) is 22.5 Å². The largest absolute Gasteiger partial charge is 0.437 e. The zero-order chi connectivity index (χ0) is 28.2. The molecular weight excluding hydrogens is 504 g/mol. The standard InChI is InChI=1S/C31H36N6O3/c1-5-26(39)34-23-18-21(14-15-24(23)37(4)17-16-36(2)3)27-28-30(35-22-12-9-13-25(22)38)32-19-33-31(28)40-29(27)20-10-7-6-8-11-20/h5-8,10-11,14-15,18-19,22,25,38H,1,9,12-13,16-17H2,2-4H3,(H,34,39)(H,32,33,35)/t22-,25+/m0/s1. The minimum Gasteiger partial charge on any atom is -0.437 e. The van der Waals surface area contributed by atoms with E-state index in [0.29, 0.717) is 23.0 Å². The highest BCUT2D eigenvalue weighted by atomic mass is 16.3. The molecule has 2 aromatic heterocycles. The molecule has 4 aromatic rings. The molecule has 40 heavy (non-hydrogen) atoms. The number of nitrogens with one attached hydrogen (secondary N) is 2. The topological polar surface area (TPSA) is 107 Å². The third kappa shape index (κ3) is 5.71. The van der Waals surface area contributed by atoms with Crippen LogP contribution in [0.5, 0.6) is 0 Å². The predicted molar refractivity (Wildman–Crippen MR) is 161 cm³/mol. The maximum atomic E-state index is 12.5. The van der Waals surface area contributed by atoms with E-state index in [2.05, 4.69) is 37.0 Å². The van der Waals surface area contributed by atoms with Gasteiger partial charge < -0.3 is 30.0 Å². The zero-order valence-corrected chi connectivity index (χ0v) is 23.2. The number of likely N-dealkylation sites (N-methyl/N-ethyl adjacent to an activating group) is 2. The molecule has 1 amide bonds. The third-order valence-electron chi connectivity index (χ3n) is 7.35.